The quantitative estimate of drug-likeness (QED) is 0.837. The smallest absolute Gasteiger partial charge is 0.407 e. The molecule has 1 aliphatic rings. The zero-order valence-electron chi connectivity index (χ0n) is 15.4. The van der Waals surface area contributed by atoms with Crippen molar-refractivity contribution in [1.82, 2.24) is 14.6 Å². The summed E-state index contributed by atoms with van der Waals surface area (Å²) in [6.45, 7) is 5.81. The van der Waals surface area contributed by atoms with E-state index in [9.17, 15) is 13.2 Å². The van der Waals surface area contributed by atoms with E-state index in [1.807, 2.05) is 0 Å². The van der Waals surface area contributed by atoms with Gasteiger partial charge in [0.1, 0.15) is 5.60 Å². The second-order valence-electron chi connectivity index (χ2n) is 7.47. The fourth-order valence-electron chi connectivity index (χ4n) is 3.05. The van der Waals surface area contributed by atoms with Crippen molar-refractivity contribution in [3.05, 3.63) is 35.6 Å². The first kappa shape index (κ1) is 19.9. The third kappa shape index (κ3) is 4.34. The maximum absolute atomic E-state index is 13.2. The summed E-state index contributed by atoms with van der Waals surface area (Å²) >= 11 is 6.21. The van der Waals surface area contributed by atoms with Crippen molar-refractivity contribution in [2.24, 2.45) is 0 Å². The Morgan fingerprint density at radius 1 is 1.33 bits per heavy atom. The topological polar surface area (TPSA) is 88.6 Å². The van der Waals surface area contributed by atoms with Crippen LogP contribution in [0.15, 0.2) is 35.5 Å². The lowest BCUT2D eigenvalue weighted by Crippen LogP contribution is -2.41. The van der Waals surface area contributed by atoms with Gasteiger partial charge in [-0.2, -0.15) is 4.31 Å². The number of benzene rings is 1. The van der Waals surface area contributed by atoms with Gasteiger partial charge in [0.25, 0.3) is 0 Å². The summed E-state index contributed by atoms with van der Waals surface area (Å²) in [7, 11) is -3.76. The molecular weight excluding hydrogens is 390 g/mol. The third-order valence-electron chi connectivity index (χ3n) is 4.19. The van der Waals surface area contributed by atoms with Crippen LogP contribution in [0, 0.1) is 0 Å². The molecule has 7 nitrogen and oxygen atoms in total. The second kappa shape index (κ2) is 7.26. The van der Waals surface area contributed by atoms with Gasteiger partial charge in [0.2, 0.25) is 10.0 Å². The Kier molecular flexibility index (Phi) is 5.33. The molecule has 0 spiro atoms. The summed E-state index contributed by atoms with van der Waals surface area (Å²) in [5.74, 6) is 0. The molecule has 9 heteroatoms. The van der Waals surface area contributed by atoms with Gasteiger partial charge in [-0.15, -0.1) is 0 Å². The summed E-state index contributed by atoms with van der Waals surface area (Å²) < 4.78 is 32.9. The van der Waals surface area contributed by atoms with Gasteiger partial charge < -0.3 is 10.1 Å². The van der Waals surface area contributed by atoms with E-state index in [1.165, 1.54) is 16.6 Å². The highest BCUT2D eigenvalue weighted by molar-refractivity contribution is 7.89. The molecule has 1 amide bonds. The lowest BCUT2D eigenvalue weighted by atomic mass is 10.2. The molecule has 1 N–H and O–H groups in total. The number of ether oxygens (including phenoxy) is 1. The van der Waals surface area contributed by atoms with E-state index in [0.29, 0.717) is 23.7 Å². The zero-order chi connectivity index (χ0) is 19.8. The van der Waals surface area contributed by atoms with Crippen LogP contribution < -0.4 is 5.32 Å². The summed E-state index contributed by atoms with van der Waals surface area (Å²) in [5, 5.41) is 4.14. The largest absolute Gasteiger partial charge is 0.444 e. The van der Waals surface area contributed by atoms with Crippen molar-refractivity contribution in [2.75, 3.05) is 13.1 Å². The predicted molar refractivity (Wildman–Crippen MR) is 103 cm³/mol. The second-order valence-corrected chi connectivity index (χ2v) is 9.78. The van der Waals surface area contributed by atoms with Crippen molar-refractivity contribution in [2.45, 2.75) is 43.7 Å². The van der Waals surface area contributed by atoms with E-state index < -0.39 is 21.7 Å². The first-order chi connectivity index (χ1) is 12.6. The summed E-state index contributed by atoms with van der Waals surface area (Å²) in [6, 6.07) is 4.67. The molecule has 3 rings (SSSR count). The molecule has 27 heavy (non-hydrogen) atoms. The van der Waals surface area contributed by atoms with Crippen LogP contribution in [-0.4, -0.2) is 48.5 Å². The number of aromatic nitrogens is 1. The first-order valence-electron chi connectivity index (χ1n) is 8.60. The molecule has 1 saturated heterocycles. The highest BCUT2D eigenvalue weighted by atomic mass is 35.5. The van der Waals surface area contributed by atoms with Gasteiger partial charge in [0.15, 0.2) is 0 Å². The van der Waals surface area contributed by atoms with Crippen molar-refractivity contribution in [3.8, 4) is 0 Å². The monoisotopic (exact) mass is 411 g/mol. The molecule has 1 aliphatic heterocycles. The molecule has 1 fully saturated rings. The van der Waals surface area contributed by atoms with Crippen LogP contribution in [0.2, 0.25) is 5.02 Å². The first-order valence-corrected chi connectivity index (χ1v) is 10.4. The highest BCUT2D eigenvalue weighted by Crippen LogP contribution is 2.32. The van der Waals surface area contributed by atoms with Crippen LogP contribution in [0.3, 0.4) is 0 Å². The van der Waals surface area contributed by atoms with Crippen LogP contribution in [0.4, 0.5) is 4.79 Å². The van der Waals surface area contributed by atoms with Crippen molar-refractivity contribution in [1.29, 1.82) is 0 Å². The number of fused-ring (bicyclic) bond motifs is 1. The van der Waals surface area contributed by atoms with Crippen molar-refractivity contribution < 1.29 is 17.9 Å². The molecule has 1 aromatic heterocycles. The Balaban J connectivity index is 1.81. The van der Waals surface area contributed by atoms with E-state index in [4.69, 9.17) is 16.3 Å². The Morgan fingerprint density at radius 3 is 2.78 bits per heavy atom. The molecule has 1 aromatic carbocycles. The van der Waals surface area contributed by atoms with Crippen LogP contribution in [0.25, 0.3) is 10.8 Å². The average molecular weight is 412 g/mol. The Bertz CT molecular complexity index is 967. The number of carbonyl (C=O) groups excluding carboxylic acids is 1. The summed E-state index contributed by atoms with van der Waals surface area (Å²) in [5.41, 5.74) is -0.609. The van der Waals surface area contributed by atoms with Crippen LogP contribution >= 0.6 is 11.6 Å². The molecule has 0 bridgehead atoms. The average Bonchev–Trinajstić information content (AvgIpc) is 3.02. The number of hydrogen-bond donors (Lipinski definition) is 1. The fourth-order valence-corrected chi connectivity index (χ4v) is 5.11. The third-order valence-corrected chi connectivity index (χ3v) is 6.38. The summed E-state index contributed by atoms with van der Waals surface area (Å²) in [4.78, 5) is 16.1. The van der Waals surface area contributed by atoms with E-state index >= 15 is 0 Å². The molecule has 0 radical (unpaired) electrons. The standard InChI is InChI=1S/C18H22ClN3O4S/c1-18(2,3)26-17(23)21-13-7-8-22(11-13)27(24,25)15-6-4-5-12-9-20-10-14(19)16(12)15/h4-6,9-10,13H,7-8,11H2,1-3H3,(H,21,23)/t13-/m1/s1. The molecule has 1 atom stereocenters. The number of hydrogen-bond acceptors (Lipinski definition) is 5. The number of sulfonamides is 1. The van der Waals surface area contributed by atoms with Gasteiger partial charge in [0, 0.05) is 42.3 Å². The predicted octanol–water partition coefficient (Wildman–Crippen LogP) is 3.18. The number of halogens is 1. The lowest BCUT2D eigenvalue weighted by molar-refractivity contribution is 0.0507. The van der Waals surface area contributed by atoms with Gasteiger partial charge in [-0.1, -0.05) is 23.7 Å². The van der Waals surface area contributed by atoms with Gasteiger partial charge in [-0.25, -0.2) is 13.2 Å². The lowest BCUT2D eigenvalue weighted by Gasteiger charge is -2.22. The normalized spacial score (nSPS) is 18.6. The highest BCUT2D eigenvalue weighted by Gasteiger charge is 2.35. The van der Waals surface area contributed by atoms with Gasteiger partial charge in [0.05, 0.1) is 9.92 Å². The van der Waals surface area contributed by atoms with Crippen LogP contribution in [0.5, 0.6) is 0 Å². The number of nitrogens with one attached hydrogen (secondary N) is 1. The molecule has 0 aliphatic carbocycles. The molecular formula is C18H22ClN3O4S. The van der Waals surface area contributed by atoms with Crippen molar-refractivity contribution >= 4 is 38.5 Å². The van der Waals surface area contributed by atoms with Gasteiger partial charge >= 0.3 is 6.09 Å². The van der Waals surface area contributed by atoms with E-state index in [1.54, 1.807) is 39.1 Å². The number of carbonyl (C=O) groups is 1. The molecule has 2 aromatic rings. The molecule has 0 unspecified atom stereocenters. The van der Waals surface area contributed by atoms with Crippen LogP contribution in [-0.2, 0) is 14.8 Å². The molecule has 2 heterocycles. The Hall–Kier alpha value is -1.90. The zero-order valence-corrected chi connectivity index (χ0v) is 17.0. The number of alkyl carbamates (subject to hydrolysis) is 1. The Labute approximate surface area is 163 Å². The van der Waals surface area contributed by atoms with E-state index in [2.05, 4.69) is 10.3 Å². The van der Waals surface area contributed by atoms with Crippen molar-refractivity contribution in [3.63, 3.8) is 0 Å². The SMILES string of the molecule is CC(C)(C)OC(=O)N[C@@H]1CCN(S(=O)(=O)c2cccc3cncc(Cl)c23)C1. The van der Waals surface area contributed by atoms with E-state index in [-0.39, 0.29) is 22.5 Å². The minimum atomic E-state index is -3.76. The van der Waals surface area contributed by atoms with E-state index in [0.717, 1.165) is 0 Å². The number of rotatable bonds is 3. The Morgan fingerprint density at radius 2 is 2.07 bits per heavy atom. The number of pyridine rings is 1. The maximum atomic E-state index is 13.2. The van der Waals surface area contributed by atoms with Gasteiger partial charge in [-0.05, 0) is 33.3 Å². The number of nitrogens with zero attached hydrogens (tertiary/aromatic N) is 2. The minimum absolute atomic E-state index is 0.144. The van der Waals surface area contributed by atoms with Crippen LogP contribution in [0.1, 0.15) is 27.2 Å². The molecule has 146 valence electrons. The molecule has 0 saturated carbocycles. The number of amides is 1. The fraction of sp³-hybridized carbons (Fsp3) is 0.444. The summed E-state index contributed by atoms with van der Waals surface area (Å²) in [6.07, 6.45) is 2.97. The maximum Gasteiger partial charge on any atom is 0.407 e. The minimum Gasteiger partial charge on any atom is -0.444 e. The van der Waals surface area contributed by atoms with Gasteiger partial charge in [-0.3, -0.25) is 4.98 Å².